The van der Waals surface area contributed by atoms with E-state index in [-0.39, 0.29) is 36.8 Å². The maximum absolute atomic E-state index is 13.4. The molecule has 2 N–H and O–H groups in total. The molecule has 1 fully saturated rings. The average molecular weight is 479 g/mol. The zero-order chi connectivity index (χ0) is 24.9. The smallest absolute Gasteiger partial charge is 0.407 e. The van der Waals surface area contributed by atoms with Gasteiger partial charge < -0.3 is 20.1 Å². The van der Waals surface area contributed by atoms with Gasteiger partial charge in [-0.3, -0.25) is 9.59 Å². The Bertz CT molecular complexity index is 1040. The van der Waals surface area contributed by atoms with Crippen molar-refractivity contribution in [3.05, 3.63) is 59.7 Å². The minimum Gasteiger partial charge on any atom is -0.481 e. The van der Waals surface area contributed by atoms with E-state index in [1.54, 1.807) is 4.90 Å². The molecule has 0 bridgehead atoms. The summed E-state index contributed by atoms with van der Waals surface area (Å²) in [5.41, 5.74) is 4.59. The van der Waals surface area contributed by atoms with Gasteiger partial charge in [0.15, 0.2) is 0 Å². The molecule has 2 amide bonds. The summed E-state index contributed by atoms with van der Waals surface area (Å²) in [6.45, 7) is 4.79. The number of nitrogens with zero attached hydrogens (tertiary/aromatic N) is 1. The van der Waals surface area contributed by atoms with E-state index in [0.717, 1.165) is 35.1 Å². The number of alkyl carbamates (subject to hydrolysis) is 1. The van der Waals surface area contributed by atoms with Crippen LogP contribution in [-0.4, -0.2) is 53.2 Å². The molecular formula is C28H34N2O5. The molecule has 186 valence electrons. The van der Waals surface area contributed by atoms with E-state index in [2.05, 4.69) is 29.6 Å². The predicted octanol–water partition coefficient (Wildman–Crippen LogP) is 4.80. The maximum Gasteiger partial charge on any atom is 0.407 e. The summed E-state index contributed by atoms with van der Waals surface area (Å²) in [6.07, 6.45) is 1.98. The van der Waals surface area contributed by atoms with Crippen molar-refractivity contribution in [1.29, 1.82) is 0 Å². The van der Waals surface area contributed by atoms with E-state index < -0.39 is 18.1 Å². The van der Waals surface area contributed by atoms with Crippen molar-refractivity contribution >= 4 is 18.0 Å². The molecule has 7 nitrogen and oxygen atoms in total. The van der Waals surface area contributed by atoms with Gasteiger partial charge in [0.2, 0.25) is 5.91 Å². The molecule has 1 saturated heterocycles. The highest BCUT2D eigenvalue weighted by Gasteiger charge is 2.35. The summed E-state index contributed by atoms with van der Waals surface area (Å²) in [7, 11) is 0. The maximum atomic E-state index is 13.4. The van der Waals surface area contributed by atoms with Gasteiger partial charge in [-0.25, -0.2) is 4.79 Å². The van der Waals surface area contributed by atoms with Crippen molar-refractivity contribution in [1.82, 2.24) is 10.2 Å². The molecule has 0 radical (unpaired) electrons. The molecule has 1 aliphatic heterocycles. The van der Waals surface area contributed by atoms with E-state index in [9.17, 15) is 14.4 Å². The first-order valence-electron chi connectivity index (χ1n) is 12.5. The highest BCUT2D eigenvalue weighted by Crippen LogP contribution is 2.44. The van der Waals surface area contributed by atoms with Crippen molar-refractivity contribution in [3.63, 3.8) is 0 Å². The molecule has 1 heterocycles. The fourth-order valence-corrected chi connectivity index (χ4v) is 5.39. The topological polar surface area (TPSA) is 95.9 Å². The average Bonchev–Trinajstić information content (AvgIpc) is 3.43. The molecular weight excluding hydrogens is 444 g/mol. The second kappa shape index (κ2) is 10.9. The molecule has 0 spiro atoms. The third kappa shape index (κ3) is 5.66. The van der Waals surface area contributed by atoms with Crippen molar-refractivity contribution in [2.24, 2.45) is 5.92 Å². The fraction of sp³-hybridized carbons (Fsp3) is 0.464. The van der Waals surface area contributed by atoms with Gasteiger partial charge >= 0.3 is 12.1 Å². The molecule has 2 aromatic rings. The lowest BCUT2D eigenvalue weighted by molar-refractivity contribution is -0.139. The third-order valence-corrected chi connectivity index (χ3v) is 6.99. The SMILES string of the molecule is CC(C)C[C@@H](NC(=O)OCC1c2ccccc2-c2ccccc21)C(=O)N1CCCC1CCC(=O)O. The van der Waals surface area contributed by atoms with Crippen LogP contribution in [0.5, 0.6) is 0 Å². The number of hydrogen-bond donors (Lipinski definition) is 2. The first-order chi connectivity index (χ1) is 16.8. The number of benzene rings is 2. The van der Waals surface area contributed by atoms with Gasteiger partial charge in [0, 0.05) is 24.9 Å². The van der Waals surface area contributed by atoms with E-state index in [1.807, 2.05) is 38.1 Å². The Hall–Kier alpha value is -3.35. The second-order valence-electron chi connectivity index (χ2n) is 9.91. The number of ether oxygens (including phenoxy) is 1. The molecule has 2 aliphatic rings. The summed E-state index contributed by atoms with van der Waals surface area (Å²) in [5, 5.41) is 11.9. The number of carbonyl (C=O) groups is 3. The van der Waals surface area contributed by atoms with Crippen molar-refractivity contribution in [2.75, 3.05) is 13.2 Å². The van der Waals surface area contributed by atoms with Crippen molar-refractivity contribution < 1.29 is 24.2 Å². The summed E-state index contributed by atoms with van der Waals surface area (Å²) in [5.74, 6) is -0.871. The van der Waals surface area contributed by atoms with Gasteiger partial charge in [-0.15, -0.1) is 0 Å². The van der Waals surface area contributed by atoms with E-state index in [4.69, 9.17) is 9.84 Å². The van der Waals surface area contributed by atoms with Crippen LogP contribution in [0.2, 0.25) is 0 Å². The van der Waals surface area contributed by atoms with Gasteiger partial charge in [-0.05, 0) is 53.9 Å². The number of hydrogen-bond acceptors (Lipinski definition) is 4. The lowest BCUT2D eigenvalue weighted by Crippen LogP contribution is -2.50. The Morgan fingerprint density at radius 3 is 2.29 bits per heavy atom. The Kier molecular flexibility index (Phi) is 7.73. The van der Waals surface area contributed by atoms with Crippen LogP contribution in [-0.2, 0) is 14.3 Å². The lowest BCUT2D eigenvalue weighted by atomic mass is 9.98. The molecule has 0 aromatic heterocycles. The summed E-state index contributed by atoms with van der Waals surface area (Å²) >= 11 is 0. The Balaban J connectivity index is 1.41. The minimum atomic E-state index is -0.861. The largest absolute Gasteiger partial charge is 0.481 e. The van der Waals surface area contributed by atoms with E-state index >= 15 is 0 Å². The number of fused-ring (bicyclic) bond motifs is 3. The van der Waals surface area contributed by atoms with Crippen LogP contribution >= 0.6 is 0 Å². The van der Waals surface area contributed by atoms with Gasteiger partial charge in [0.25, 0.3) is 0 Å². The van der Waals surface area contributed by atoms with E-state index in [1.165, 1.54) is 0 Å². The summed E-state index contributed by atoms with van der Waals surface area (Å²) in [6, 6.07) is 15.5. The van der Waals surface area contributed by atoms with Gasteiger partial charge in [0.1, 0.15) is 12.6 Å². The van der Waals surface area contributed by atoms with Crippen LogP contribution in [0.1, 0.15) is 63.0 Å². The fourth-order valence-electron chi connectivity index (χ4n) is 5.39. The monoisotopic (exact) mass is 478 g/mol. The summed E-state index contributed by atoms with van der Waals surface area (Å²) in [4.78, 5) is 39.0. The second-order valence-corrected chi connectivity index (χ2v) is 9.91. The first kappa shape index (κ1) is 24.8. The molecule has 0 saturated carbocycles. The van der Waals surface area contributed by atoms with Crippen LogP contribution < -0.4 is 5.32 Å². The molecule has 35 heavy (non-hydrogen) atoms. The standard InChI is InChI=1S/C28H34N2O5/c1-18(2)16-25(27(33)30-15-7-8-19(30)13-14-26(31)32)29-28(34)35-17-24-22-11-5-3-9-20(22)21-10-4-6-12-23(21)24/h3-6,9-12,18-19,24-25H,7-8,13-17H2,1-2H3,(H,29,34)(H,31,32)/t19?,25-/m1/s1. The van der Waals surface area contributed by atoms with Crippen LogP contribution in [0.15, 0.2) is 48.5 Å². The Labute approximate surface area is 206 Å². The molecule has 2 atom stereocenters. The zero-order valence-corrected chi connectivity index (χ0v) is 20.4. The molecule has 2 aromatic carbocycles. The number of carboxylic acids is 1. The van der Waals surface area contributed by atoms with Gasteiger partial charge in [-0.2, -0.15) is 0 Å². The number of aliphatic carboxylic acids is 1. The number of nitrogens with one attached hydrogen (secondary N) is 1. The third-order valence-electron chi connectivity index (χ3n) is 6.99. The van der Waals surface area contributed by atoms with Crippen LogP contribution in [0.3, 0.4) is 0 Å². The van der Waals surface area contributed by atoms with Gasteiger partial charge in [-0.1, -0.05) is 62.4 Å². The number of carboxylic acid groups (broad SMARTS) is 1. The van der Waals surface area contributed by atoms with Crippen LogP contribution in [0.4, 0.5) is 4.79 Å². The van der Waals surface area contributed by atoms with Gasteiger partial charge in [0.05, 0.1) is 0 Å². The zero-order valence-electron chi connectivity index (χ0n) is 20.4. The first-order valence-corrected chi connectivity index (χ1v) is 12.5. The normalized spacial score (nSPS) is 17.7. The number of carbonyl (C=O) groups excluding carboxylic acids is 2. The minimum absolute atomic E-state index is 0.0309. The van der Waals surface area contributed by atoms with E-state index in [0.29, 0.717) is 19.4 Å². The summed E-state index contributed by atoms with van der Waals surface area (Å²) < 4.78 is 5.67. The Morgan fingerprint density at radius 1 is 1.06 bits per heavy atom. The number of likely N-dealkylation sites (tertiary alicyclic amines) is 1. The molecule has 4 rings (SSSR count). The van der Waals surface area contributed by atoms with Crippen LogP contribution in [0.25, 0.3) is 11.1 Å². The lowest BCUT2D eigenvalue weighted by Gasteiger charge is -2.30. The van der Waals surface area contributed by atoms with Crippen molar-refractivity contribution in [3.8, 4) is 11.1 Å². The number of amides is 2. The Morgan fingerprint density at radius 2 is 1.69 bits per heavy atom. The molecule has 1 aliphatic carbocycles. The number of rotatable bonds is 9. The highest BCUT2D eigenvalue weighted by atomic mass is 16.5. The molecule has 7 heteroatoms. The van der Waals surface area contributed by atoms with Crippen LogP contribution in [0, 0.1) is 5.92 Å². The highest BCUT2D eigenvalue weighted by molar-refractivity contribution is 5.86. The van der Waals surface area contributed by atoms with Crippen molar-refractivity contribution in [2.45, 2.75) is 64.0 Å². The molecule has 1 unspecified atom stereocenters. The predicted molar refractivity (Wildman–Crippen MR) is 133 cm³/mol. The quantitative estimate of drug-likeness (QED) is 0.540.